The predicted octanol–water partition coefficient (Wildman–Crippen LogP) is 17.5. The number of sulfonamides is 5. The Bertz CT molecular complexity index is 6410. The first-order valence-electron chi connectivity index (χ1n) is 43.5. The number of ether oxygens (including phenoxy) is 4. The van der Waals surface area contributed by atoms with E-state index in [1.807, 2.05) is 142 Å². The molecule has 0 aromatic heterocycles. The Morgan fingerprint density at radius 3 is 0.736 bits per heavy atom. The minimum Gasteiger partial charge on any atom is -0.486 e. The number of alkyl halides is 2. The number of fused-ring (bicyclic) bond motifs is 8. The summed E-state index contributed by atoms with van der Waals surface area (Å²) < 4.78 is 268. The van der Waals surface area contributed by atoms with E-state index in [9.17, 15) is 75.8 Å². The van der Waals surface area contributed by atoms with Gasteiger partial charge in [0, 0.05) is 127 Å². The highest BCUT2D eigenvalue weighted by Gasteiger charge is 2.37. The molecule has 0 saturated carbocycles. The second-order valence-corrected chi connectivity index (χ2v) is 64.3. The zero-order chi connectivity index (χ0) is 105. The van der Waals surface area contributed by atoms with Gasteiger partial charge in [0.15, 0.2) is 23.0 Å². The fraction of sp³-hybridized carbons (Fsp3) is 0.461. The molecule has 0 amide bonds. The van der Waals surface area contributed by atoms with Crippen LogP contribution in [0, 0.1) is 35.5 Å². The summed E-state index contributed by atoms with van der Waals surface area (Å²) in [6.45, 7) is 30.2. The molecule has 0 unspecified atom stereocenters. The smallest absolute Gasteiger partial charge is 0.486 e. The largest absolute Gasteiger partial charge is 0.643 e. The summed E-state index contributed by atoms with van der Waals surface area (Å²) in [6.07, 6.45) is 0. The second kappa shape index (κ2) is 55.5. The standard InChI is InChI=1S/C20H23NO6S2.2C12H16ClNO4S2.2C12H17NO2S.C8H9N.C8H8O2.C4H9ClO2S.CH2Cl2.Al.ClHO3S.3ClH/c1-14(2)13-28(22,23)21-11-15-3-4-17(9-16(15)12-21)29(24,25)18-5-6-19-20(10-18)27-8-7-26-19;2*1-9(2)8-19(15,16)14-6-10-3-4-12(20(13,17)18)5-11(10)7-14;2*1-10(2)9-16(14,15)13-7-11-5-3-4-6-12(11)8-13;1-2-4-8-6-9-5-7(8)3-1;1-2-4-8-7(3-1)9-5-6-10-8;1-4(2)3-8(5,6)7;2-1-3;;1-5(2,3)4;;;/h3-6,9-10,14H,7-8,11-13H2,1-2H3;2*3-5,9H,6-8H2,1-2H3;2*3-6,10H,7-9H2,1-2H3;1-4,9H,5-6H2;1-4H,5-6H2;4H,3H2,1-2H3;1H2;;(H,2,3,4);3*1H/q;;;;;;;;;+3;;;;/p-3. The van der Waals surface area contributed by atoms with E-state index in [-0.39, 0.29) is 134 Å². The Hall–Kier alpha value is -4.68. The van der Waals surface area contributed by atoms with Gasteiger partial charge in [-0.2, -0.15) is 29.9 Å². The maximum absolute atomic E-state index is 13.1. The summed E-state index contributed by atoms with van der Waals surface area (Å²) >= 11 is 7.81. The number of nitrogens with one attached hydrogen (secondary N) is 1. The van der Waals surface area contributed by atoms with Crippen LogP contribution in [0.4, 0.5) is 0 Å². The van der Waals surface area contributed by atoms with E-state index in [2.05, 4.69) is 40.3 Å². The van der Waals surface area contributed by atoms with Crippen LogP contribution >= 0.6 is 96.1 Å². The van der Waals surface area contributed by atoms with Gasteiger partial charge in [0.2, 0.25) is 69.0 Å². The van der Waals surface area contributed by atoms with Gasteiger partial charge < -0.3 is 24.3 Å². The van der Waals surface area contributed by atoms with E-state index in [0.29, 0.717) is 75.2 Å². The van der Waals surface area contributed by atoms with Crippen molar-refractivity contribution in [2.45, 2.75) is 181 Å². The van der Waals surface area contributed by atoms with E-state index >= 15 is 0 Å². The molecule has 0 bridgehead atoms. The summed E-state index contributed by atoms with van der Waals surface area (Å²) in [5.41, 5.74) is 12.0. The highest BCUT2D eigenvalue weighted by Crippen LogP contribution is 2.38. The van der Waals surface area contributed by atoms with E-state index in [1.165, 1.54) is 66.5 Å². The molecule has 0 fully saturated rings. The van der Waals surface area contributed by atoms with Crippen LogP contribution in [0.5, 0.6) is 23.0 Å². The lowest BCUT2D eigenvalue weighted by molar-refractivity contribution is 0.171. The third-order valence-corrected chi connectivity index (χ3v) is 36.9. The minimum atomic E-state index is -4.19. The van der Waals surface area contributed by atoms with Crippen molar-refractivity contribution in [3.63, 3.8) is 0 Å². The van der Waals surface area contributed by atoms with E-state index in [0.717, 1.165) is 69.1 Å². The van der Waals surface area contributed by atoms with Crippen LogP contribution in [0.1, 0.15) is 150 Å². The van der Waals surface area contributed by atoms with Gasteiger partial charge in [-0.1, -0.05) is 186 Å². The topological polar surface area (TPSA) is 427 Å². The minimum absolute atomic E-state index is 0.000948. The molecule has 31 nitrogen and oxygen atoms in total. The van der Waals surface area contributed by atoms with Crippen molar-refractivity contribution in [2.24, 2.45) is 35.5 Å². The van der Waals surface area contributed by atoms with E-state index < -0.39 is 108 Å². The highest BCUT2D eigenvalue weighted by molar-refractivity contribution is 8.14. The van der Waals surface area contributed by atoms with Crippen molar-refractivity contribution in [1.29, 1.82) is 0 Å². The lowest BCUT2D eigenvalue weighted by Crippen LogP contribution is -2.29. The number of benzene rings is 8. The molecule has 8 aromatic carbocycles. The van der Waals surface area contributed by atoms with Gasteiger partial charge in [0.25, 0.3) is 18.1 Å². The quantitative estimate of drug-likeness (QED) is 0.0292. The molecule has 8 aromatic rings. The Labute approximate surface area is 872 Å². The first kappa shape index (κ1) is 124. The third kappa shape index (κ3) is 42.2. The number of hydrogen-bond acceptors (Lipinski definition) is 25. The molecule has 0 radical (unpaired) electrons. The predicted molar refractivity (Wildman–Crippen MR) is 557 cm³/mol. The lowest BCUT2D eigenvalue weighted by atomic mass is 10.1. The van der Waals surface area contributed by atoms with Crippen LogP contribution in [-0.4, -0.2) is 188 Å². The SMILES string of the molecule is CC(C)CS(=O)(=O)Cl.CC(C)CS(=O)(=O)N1Cc2ccc(S(=O)(=O)Cl)cc2C1.CC(C)CS(=O)(=O)N1Cc2ccc(S(=O)(=O)Cl)cc2C1.CC(C)CS(=O)(=O)N1Cc2ccc(S(=O)(=O)c3ccc4c(c3)OCCO4)cc2C1.CC(C)CS(=O)(=O)N1Cc2ccccc2C1.CC(C)CS(=O)(=O)N1Cc2ccccc2C1.ClCCl.O=S(=O)(O)Cl.[Cl][Al]([Cl])[Cl].c1ccc2c(c1)CNC2.c1ccc2c(c1)OCCO2. The molecule has 2 N–H and O–H groups in total. The van der Waals surface area contributed by atoms with Gasteiger partial charge in [0.1, 0.15) is 26.4 Å². The van der Waals surface area contributed by atoms with Crippen LogP contribution in [0.15, 0.2) is 189 Å². The van der Waals surface area contributed by atoms with Gasteiger partial charge in [-0.05, 0) is 163 Å². The van der Waals surface area contributed by atoms with E-state index in [4.69, 9.17) is 117 Å². The number of rotatable bonds is 21. The van der Waals surface area contributed by atoms with E-state index in [1.54, 1.807) is 52.8 Å². The normalized spacial score (nSPS) is 15.5. The molecule has 8 aliphatic rings. The Morgan fingerprint density at radius 1 is 0.293 bits per heavy atom. The van der Waals surface area contributed by atoms with Crippen molar-refractivity contribution < 1.29 is 108 Å². The van der Waals surface area contributed by atoms with Crippen molar-refractivity contribution in [2.75, 3.05) is 66.3 Å². The third-order valence-electron chi connectivity index (χ3n) is 20.4. The summed E-state index contributed by atoms with van der Waals surface area (Å²) in [5, 5.41) is 3.48. The summed E-state index contributed by atoms with van der Waals surface area (Å²) in [4.78, 5) is 0.252. The van der Waals surface area contributed by atoms with Crippen LogP contribution in [-0.2, 0) is 175 Å². The Balaban J connectivity index is 0.000000247. The van der Waals surface area contributed by atoms with Crippen LogP contribution in [0.25, 0.3) is 0 Å². The zero-order valence-electron chi connectivity index (χ0n) is 78.9. The molecule has 0 aliphatic carbocycles. The molecule has 0 atom stereocenters. The van der Waals surface area contributed by atoms with Crippen LogP contribution in [0.2, 0.25) is 0 Å². The number of sulfone groups is 1. The highest BCUT2D eigenvalue weighted by atomic mass is 35.8. The molecule has 16 rings (SSSR count). The van der Waals surface area contributed by atoms with Crippen LogP contribution < -0.4 is 24.3 Å². The maximum atomic E-state index is 13.1. The van der Waals surface area contributed by atoms with Gasteiger partial charge in [-0.3, -0.25) is 4.55 Å². The molecule has 780 valence electrons. The second-order valence-electron chi connectivity index (χ2n) is 35.1. The van der Waals surface area contributed by atoms with Gasteiger partial charge in [-0.15, -0.1) is 23.2 Å². The fourth-order valence-electron chi connectivity index (χ4n) is 14.7. The molecule has 0 spiro atoms. The molecule has 51 heteroatoms. The number of halogens is 9. The number of hydrogen-bond donors (Lipinski definition) is 2. The number of para-hydroxylation sites is 2. The molecule has 8 aliphatic heterocycles. The average Bonchev–Trinajstić information content (AvgIpc) is 1.44. The molecule has 0 saturated heterocycles. The molecule has 8 heterocycles. The fourth-order valence-corrected chi connectivity index (χ4v) is 27.8. The van der Waals surface area contributed by atoms with Crippen molar-refractivity contribution in [3.05, 3.63) is 237 Å². The summed E-state index contributed by atoms with van der Waals surface area (Å²) in [7, 11) is -0.636. The zero-order valence-corrected chi connectivity index (χ0v) is 95.1. The first-order chi connectivity index (χ1) is 64.8. The monoisotopic (exact) mass is 2330 g/mol. The van der Waals surface area contributed by atoms with Gasteiger partial charge in [0.05, 0.1) is 59.4 Å². The first-order valence-corrected chi connectivity index (χ1v) is 68.7. The molecular weight excluding hydrogens is 2220 g/mol. The van der Waals surface area contributed by atoms with Gasteiger partial charge >= 0.3 is 20.7 Å². The van der Waals surface area contributed by atoms with Crippen molar-refractivity contribution >= 4 is 204 Å². The molecule has 140 heavy (non-hydrogen) atoms. The lowest BCUT2D eigenvalue weighted by Gasteiger charge is -2.19. The maximum Gasteiger partial charge on any atom is 0.643 e. The van der Waals surface area contributed by atoms with Gasteiger partial charge in [-0.25, -0.2) is 106 Å². The molecular formula is C89H118AlCl9N6O25S10. The Morgan fingerprint density at radius 2 is 0.493 bits per heavy atom. The summed E-state index contributed by atoms with van der Waals surface area (Å²) in [6, 6.07) is 50.4. The van der Waals surface area contributed by atoms with Crippen molar-refractivity contribution in [3.8, 4) is 23.0 Å². The average molecular weight is 2340 g/mol. The summed E-state index contributed by atoms with van der Waals surface area (Å²) in [5.74, 6) is 4.00. The Kier molecular flexibility index (Phi) is 49.2. The van der Waals surface area contributed by atoms with Crippen LogP contribution in [0.3, 0.4) is 0 Å². The number of nitrogens with zero attached hydrogens (tertiary/aromatic N) is 5. The van der Waals surface area contributed by atoms with Crippen molar-refractivity contribution in [1.82, 2.24) is 26.8 Å².